The lowest BCUT2D eigenvalue weighted by Crippen LogP contribution is -2.22. The molecule has 0 aliphatic heterocycles. The van der Waals surface area contributed by atoms with Crippen molar-refractivity contribution in [1.82, 2.24) is 0 Å². The predicted molar refractivity (Wildman–Crippen MR) is 71.3 cm³/mol. The molecule has 0 aliphatic rings. The number of nitrogens with zero attached hydrogens (tertiary/aromatic N) is 1. The second kappa shape index (κ2) is 4.81. The molecule has 1 N–H and O–H groups in total. The molecule has 0 aromatic heterocycles. The van der Waals surface area contributed by atoms with Crippen LogP contribution < -0.4 is 0 Å². The smallest absolute Gasteiger partial charge is 0.112 e. The molecule has 0 aliphatic carbocycles. The minimum atomic E-state index is -1.17. The topological polar surface area (TPSA) is 44.0 Å². The van der Waals surface area contributed by atoms with Crippen molar-refractivity contribution in [3.63, 3.8) is 0 Å². The van der Waals surface area contributed by atoms with Crippen LogP contribution in [0.25, 0.3) is 0 Å². The Hall–Kier alpha value is -1.82. The number of benzene rings is 2. The molecule has 0 fully saturated rings. The van der Waals surface area contributed by atoms with Crippen molar-refractivity contribution in [1.29, 1.82) is 5.26 Å². The van der Waals surface area contributed by atoms with Crippen LogP contribution in [0.2, 0.25) is 5.02 Å². The molecule has 18 heavy (non-hydrogen) atoms. The first kappa shape index (κ1) is 12.6. The normalized spacial score (nSPS) is 13.7. The Bertz CT molecular complexity index is 614. The van der Waals surface area contributed by atoms with E-state index in [0.29, 0.717) is 21.7 Å². The van der Waals surface area contributed by atoms with Gasteiger partial charge in [0.15, 0.2) is 0 Å². The average Bonchev–Trinajstić information content (AvgIpc) is 2.39. The number of aliphatic hydroxyl groups is 1. The average molecular weight is 258 g/mol. The summed E-state index contributed by atoms with van der Waals surface area (Å²) < 4.78 is 0. The van der Waals surface area contributed by atoms with E-state index >= 15 is 0 Å². The first-order chi connectivity index (χ1) is 8.54. The maximum Gasteiger partial charge on any atom is 0.112 e. The standard InChI is InChI=1S/C15H12ClNO/c1-15(18,13-6-3-7-14(16)9-13)12-5-2-4-11(8-12)10-17/h2-9,18H,1H3. The van der Waals surface area contributed by atoms with Gasteiger partial charge in [-0.2, -0.15) is 5.26 Å². The summed E-state index contributed by atoms with van der Waals surface area (Å²) in [5.41, 5.74) is 0.723. The molecule has 2 rings (SSSR count). The van der Waals surface area contributed by atoms with Gasteiger partial charge in [0, 0.05) is 5.02 Å². The fourth-order valence-electron chi connectivity index (χ4n) is 1.85. The monoisotopic (exact) mass is 257 g/mol. The summed E-state index contributed by atoms with van der Waals surface area (Å²) in [6.07, 6.45) is 0. The van der Waals surface area contributed by atoms with E-state index in [1.54, 1.807) is 49.4 Å². The van der Waals surface area contributed by atoms with Crippen molar-refractivity contribution >= 4 is 11.6 Å². The van der Waals surface area contributed by atoms with Gasteiger partial charge >= 0.3 is 0 Å². The summed E-state index contributed by atoms with van der Waals surface area (Å²) in [6.45, 7) is 1.69. The second-order valence-corrected chi connectivity index (χ2v) is 4.71. The van der Waals surface area contributed by atoms with E-state index in [1.165, 1.54) is 0 Å². The van der Waals surface area contributed by atoms with E-state index in [1.807, 2.05) is 6.07 Å². The van der Waals surface area contributed by atoms with Crippen molar-refractivity contribution in [2.75, 3.05) is 0 Å². The first-order valence-corrected chi connectivity index (χ1v) is 5.91. The van der Waals surface area contributed by atoms with Gasteiger partial charge < -0.3 is 5.11 Å². The molecule has 0 radical (unpaired) electrons. The summed E-state index contributed by atoms with van der Waals surface area (Å²) in [6, 6.07) is 16.1. The van der Waals surface area contributed by atoms with E-state index in [4.69, 9.17) is 16.9 Å². The third kappa shape index (κ3) is 2.38. The van der Waals surface area contributed by atoms with Crippen LogP contribution in [0.1, 0.15) is 23.6 Å². The molecule has 2 aromatic carbocycles. The van der Waals surface area contributed by atoms with Crippen LogP contribution in [-0.4, -0.2) is 5.11 Å². The fourth-order valence-corrected chi connectivity index (χ4v) is 2.04. The van der Waals surface area contributed by atoms with Gasteiger partial charge in [0.05, 0.1) is 11.6 Å². The lowest BCUT2D eigenvalue weighted by Gasteiger charge is -2.24. The lowest BCUT2D eigenvalue weighted by molar-refractivity contribution is 0.102. The molecular weight excluding hydrogens is 246 g/mol. The van der Waals surface area contributed by atoms with Gasteiger partial charge in [-0.15, -0.1) is 0 Å². The summed E-state index contributed by atoms with van der Waals surface area (Å²) in [4.78, 5) is 0. The van der Waals surface area contributed by atoms with Gasteiger partial charge in [-0.25, -0.2) is 0 Å². The minimum Gasteiger partial charge on any atom is -0.381 e. The Kier molecular flexibility index (Phi) is 3.38. The fraction of sp³-hybridized carbons (Fsp3) is 0.133. The molecule has 1 unspecified atom stereocenters. The molecule has 1 atom stereocenters. The highest BCUT2D eigenvalue weighted by Crippen LogP contribution is 2.30. The highest BCUT2D eigenvalue weighted by atomic mass is 35.5. The van der Waals surface area contributed by atoms with Crippen LogP contribution in [0.3, 0.4) is 0 Å². The van der Waals surface area contributed by atoms with E-state index in [0.717, 1.165) is 0 Å². The Labute approximate surface area is 111 Å². The van der Waals surface area contributed by atoms with Gasteiger partial charge in [0.2, 0.25) is 0 Å². The van der Waals surface area contributed by atoms with Gasteiger partial charge in [0.1, 0.15) is 5.60 Å². The molecule has 2 aromatic rings. The predicted octanol–water partition coefficient (Wildman–Crippen LogP) is 3.47. The molecule has 0 spiro atoms. The van der Waals surface area contributed by atoms with Crippen LogP contribution in [0.4, 0.5) is 0 Å². The number of hydrogen-bond donors (Lipinski definition) is 1. The summed E-state index contributed by atoms with van der Waals surface area (Å²) in [5, 5.41) is 20.1. The zero-order valence-corrected chi connectivity index (χ0v) is 10.6. The van der Waals surface area contributed by atoms with Crippen LogP contribution >= 0.6 is 11.6 Å². The number of halogens is 1. The van der Waals surface area contributed by atoms with Crippen LogP contribution in [0, 0.1) is 11.3 Å². The van der Waals surface area contributed by atoms with Crippen molar-refractivity contribution in [2.45, 2.75) is 12.5 Å². The van der Waals surface area contributed by atoms with Crippen LogP contribution in [-0.2, 0) is 5.60 Å². The minimum absolute atomic E-state index is 0.523. The highest BCUT2D eigenvalue weighted by Gasteiger charge is 2.25. The molecular formula is C15H12ClNO. The van der Waals surface area contributed by atoms with E-state index in [9.17, 15) is 5.11 Å². The second-order valence-electron chi connectivity index (χ2n) is 4.28. The van der Waals surface area contributed by atoms with Crippen LogP contribution in [0.15, 0.2) is 48.5 Å². The summed E-state index contributed by atoms with van der Waals surface area (Å²) >= 11 is 5.93. The molecule has 3 heteroatoms. The largest absolute Gasteiger partial charge is 0.381 e. The quantitative estimate of drug-likeness (QED) is 0.895. The molecule has 0 amide bonds. The van der Waals surface area contributed by atoms with E-state index in [2.05, 4.69) is 6.07 Å². The number of rotatable bonds is 2. The molecule has 90 valence electrons. The maximum absolute atomic E-state index is 10.6. The Morgan fingerprint density at radius 1 is 1.11 bits per heavy atom. The Morgan fingerprint density at radius 3 is 2.33 bits per heavy atom. The molecule has 0 saturated carbocycles. The Morgan fingerprint density at radius 2 is 1.72 bits per heavy atom. The zero-order valence-electron chi connectivity index (χ0n) is 9.89. The van der Waals surface area contributed by atoms with Gasteiger partial charge in [-0.1, -0.05) is 35.9 Å². The van der Waals surface area contributed by atoms with Crippen molar-refractivity contribution in [3.8, 4) is 6.07 Å². The lowest BCUT2D eigenvalue weighted by atomic mass is 9.87. The van der Waals surface area contributed by atoms with Crippen molar-refractivity contribution in [3.05, 3.63) is 70.2 Å². The maximum atomic E-state index is 10.6. The third-order valence-electron chi connectivity index (χ3n) is 2.94. The van der Waals surface area contributed by atoms with Crippen LogP contribution in [0.5, 0.6) is 0 Å². The van der Waals surface area contributed by atoms with E-state index in [-0.39, 0.29) is 0 Å². The highest BCUT2D eigenvalue weighted by molar-refractivity contribution is 6.30. The molecule has 2 nitrogen and oxygen atoms in total. The van der Waals surface area contributed by atoms with Gasteiger partial charge in [0.25, 0.3) is 0 Å². The summed E-state index contributed by atoms with van der Waals surface area (Å²) in [5.74, 6) is 0. The zero-order chi connectivity index (χ0) is 13.2. The van der Waals surface area contributed by atoms with Crippen molar-refractivity contribution < 1.29 is 5.11 Å². The molecule has 0 heterocycles. The van der Waals surface area contributed by atoms with Gasteiger partial charge in [-0.05, 0) is 42.3 Å². The molecule has 0 saturated heterocycles. The molecule has 0 bridgehead atoms. The SMILES string of the molecule is CC(O)(c1cccc(Cl)c1)c1cccc(C#N)c1. The first-order valence-electron chi connectivity index (χ1n) is 5.53. The van der Waals surface area contributed by atoms with Crippen molar-refractivity contribution in [2.24, 2.45) is 0 Å². The number of nitriles is 1. The van der Waals surface area contributed by atoms with E-state index < -0.39 is 5.60 Å². The summed E-state index contributed by atoms with van der Waals surface area (Å²) in [7, 11) is 0. The Balaban J connectivity index is 2.50. The third-order valence-corrected chi connectivity index (χ3v) is 3.18. The van der Waals surface area contributed by atoms with Gasteiger partial charge in [-0.3, -0.25) is 0 Å². The number of hydrogen-bond acceptors (Lipinski definition) is 2.